The van der Waals surface area contributed by atoms with Gasteiger partial charge in [0, 0.05) is 18.0 Å². The maximum absolute atomic E-state index is 13.2. The van der Waals surface area contributed by atoms with Crippen LogP contribution >= 0.6 is 0 Å². The first-order valence-electron chi connectivity index (χ1n) is 10.2. The van der Waals surface area contributed by atoms with Crippen molar-refractivity contribution in [2.75, 3.05) is 17.2 Å². The molecule has 1 amide bonds. The van der Waals surface area contributed by atoms with Crippen molar-refractivity contribution < 1.29 is 13.9 Å². The van der Waals surface area contributed by atoms with E-state index >= 15 is 0 Å². The van der Waals surface area contributed by atoms with Crippen LogP contribution in [0.1, 0.15) is 30.0 Å². The van der Waals surface area contributed by atoms with E-state index in [9.17, 15) is 9.18 Å². The second-order valence-corrected chi connectivity index (χ2v) is 7.64. The van der Waals surface area contributed by atoms with E-state index in [1.165, 1.54) is 25.0 Å². The molecule has 1 fully saturated rings. The lowest BCUT2D eigenvalue weighted by Crippen LogP contribution is -2.27. The zero-order valence-corrected chi connectivity index (χ0v) is 16.7. The van der Waals surface area contributed by atoms with Gasteiger partial charge in [0.1, 0.15) is 11.9 Å². The molecular formula is C25H25FN2O2. The van der Waals surface area contributed by atoms with Gasteiger partial charge in [-0.05, 0) is 66.3 Å². The fraction of sp³-hybridized carbons (Fsp3) is 0.240. The number of halogens is 1. The Morgan fingerprint density at radius 3 is 2.47 bits per heavy atom. The van der Waals surface area contributed by atoms with Gasteiger partial charge in [0.15, 0.2) is 0 Å². The second-order valence-electron chi connectivity index (χ2n) is 7.64. The second kappa shape index (κ2) is 9.55. The zero-order valence-electron chi connectivity index (χ0n) is 16.7. The lowest BCUT2D eigenvalue weighted by atomic mass is 10.0. The van der Waals surface area contributed by atoms with Gasteiger partial charge in [0.05, 0.1) is 6.61 Å². The summed E-state index contributed by atoms with van der Waals surface area (Å²) in [6, 6.07) is 22.6. The Kier molecular flexibility index (Phi) is 6.40. The first-order valence-corrected chi connectivity index (χ1v) is 10.2. The summed E-state index contributed by atoms with van der Waals surface area (Å²) in [4.78, 5) is 13.0. The molecule has 3 aromatic rings. The highest BCUT2D eigenvalue weighted by Crippen LogP contribution is 2.29. The summed E-state index contributed by atoms with van der Waals surface area (Å²) in [5.74, 6) is 0.165. The van der Waals surface area contributed by atoms with Gasteiger partial charge in [-0.2, -0.15) is 0 Å². The molecule has 4 nitrogen and oxygen atoms in total. The van der Waals surface area contributed by atoms with Crippen LogP contribution in [0.2, 0.25) is 0 Å². The Balaban J connectivity index is 1.48. The Morgan fingerprint density at radius 2 is 1.73 bits per heavy atom. The molecule has 0 bridgehead atoms. The van der Waals surface area contributed by atoms with Gasteiger partial charge in [-0.1, -0.05) is 42.5 Å². The number of ether oxygens (including phenoxy) is 1. The third-order valence-corrected chi connectivity index (χ3v) is 5.06. The van der Waals surface area contributed by atoms with Gasteiger partial charge in [0.2, 0.25) is 0 Å². The molecule has 0 spiro atoms. The molecule has 1 aliphatic carbocycles. The van der Waals surface area contributed by atoms with E-state index < -0.39 is 6.04 Å². The van der Waals surface area contributed by atoms with Crippen molar-refractivity contribution in [1.29, 1.82) is 0 Å². The number of carbonyl (C=O) groups excluding carboxylic acids is 1. The summed E-state index contributed by atoms with van der Waals surface area (Å²) >= 11 is 0. The highest BCUT2D eigenvalue weighted by Gasteiger charge is 2.22. The van der Waals surface area contributed by atoms with Gasteiger partial charge < -0.3 is 15.4 Å². The number of carbonyl (C=O) groups is 1. The van der Waals surface area contributed by atoms with Crippen molar-refractivity contribution >= 4 is 17.3 Å². The smallest absolute Gasteiger partial charge is 0.251 e. The average molecular weight is 404 g/mol. The average Bonchev–Trinajstić information content (AvgIpc) is 3.59. The molecule has 4 rings (SSSR count). The van der Waals surface area contributed by atoms with Crippen LogP contribution in [0.3, 0.4) is 0 Å². The Hall–Kier alpha value is -3.18. The summed E-state index contributed by atoms with van der Waals surface area (Å²) in [7, 11) is 0. The van der Waals surface area contributed by atoms with Gasteiger partial charge in [-0.3, -0.25) is 4.79 Å². The monoisotopic (exact) mass is 404 g/mol. The molecule has 0 aliphatic heterocycles. The summed E-state index contributed by atoms with van der Waals surface area (Å²) in [5, 5.41) is 6.20. The maximum atomic E-state index is 13.2. The van der Waals surface area contributed by atoms with Crippen molar-refractivity contribution in [2.24, 2.45) is 5.92 Å². The number of hydrogen-bond acceptors (Lipinski definition) is 3. The van der Waals surface area contributed by atoms with Crippen molar-refractivity contribution in [3.63, 3.8) is 0 Å². The molecule has 1 saturated carbocycles. The van der Waals surface area contributed by atoms with E-state index in [-0.39, 0.29) is 11.7 Å². The first-order chi connectivity index (χ1) is 14.7. The summed E-state index contributed by atoms with van der Waals surface area (Å²) < 4.78 is 19.0. The maximum Gasteiger partial charge on any atom is 0.251 e. The summed E-state index contributed by atoms with van der Waals surface area (Å²) in [6.45, 7) is 1.37. The molecule has 1 aliphatic rings. The number of nitrogens with one attached hydrogen (secondary N) is 2. The van der Waals surface area contributed by atoms with Crippen molar-refractivity contribution in [1.82, 2.24) is 0 Å². The summed E-state index contributed by atoms with van der Waals surface area (Å²) in [5.41, 5.74) is 3.29. The third kappa shape index (κ3) is 5.67. The third-order valence-electron chi connectivity index (χ3n) is 5.06. The number of anilines is 2. The van der Waals surface area contributed by atoms with Crippen LogP contribution in [0.5, 0.6) is 0 Å². The Morgan fingerprint density at radius 1 is 0.967 bits per heavy atom. The van der Waals surface area contributed by atoms with Crippen LogP contribution in [0.15, 0.2) is 78.9 Å². The fourth-order valence-electron chi connectivity index (χ4n) is 3.24. The molecule has 3 aromatic carbocycles. The highest BCUT2D eigenvalue weighted by molar-refractivity contribution is 5.97. The van der Waals surface area contributed by atoms with Crippen molar-refractivity contribution in [3.8, 4) is 0 Å². The lowest BCUT2D eigenvalue weighted by Gasteiger charge is -2.20. The van der Waals surface area contributed by atoms with Crippen LogP contribution in [-0.4, -0.2) is 12.5 Å². The predicted octanol–water partition coefficient (Wildman–Crippen LogP) is 5.54. The van der Waals surface area contributed by atoms with Crippen molar-refractivity contribution in [3.05, 3.63) is 95.8 Å². The molecule has 0 heterocycles. The minimum absolute atomic E-state index is 0.219. The number of benzene rings is 3. The standard InChI is InChI=1S/C25H25FN2O2/c26-21-11-13-22(14-12-21)28-25(29)24(20-6-2-1-3-7-20)27-23-8-4-5-19(15-23)17-30-16-18-9-10-18/h1-8,11-15,18,24,27H,9-10,16-17H2,(H,28,29). The Bertz CT molecular complexity index is 972. The topological polar surface area (TPSA) is 50.4 Å². The fourth-order valence-corrected chi connectivity index (χ4v) is 3.24. The van der Waals surface area contributed by atoms with Gasteiger partial charge >= 0.3 is 0 Å². The van der Waals surface area contributed by atoms with Crippen LogP contribution in [-0.2, 0) is 16.1 Å². The van der Waals surface area contributed by atoms with Gasteiger partial charge in [0.25, 0.3) is 5.91 Å². The molecule has 0 saturated heterocycles. The predicted molar refractivity (Wildman–Crippen MR) is 117 cm³/mol. The molecule has 5 heteroatoms. The molecule has 1 atom stereocenters. The molecular weight excluding hydrogens is 379 g/mol. The first kappa shape index (κ1) is 20.1. The molecule has 0 radical (unpaired) electrons. The van der Waals surface area contributed by atoms with E-state index in [0.29, 0.717) is 12.3 Å². The van der Waals surface area contributed by atoms with E-state index in [1.807, 2.05) is 54.6 Å². The van der Waals surface area contributed by atoms with Crippen LogP contribution in [0.25, 0.3) is 0 Å². The van der Waals surface area contributed by atoms with E-state index in [0.717, 1.165) is 29.3 Å². The van der Waals surface area contributed by atoms with E-state index in [2.05, 4.69) is 10.6 Å². The number of hydrogen-bond donors (Lipinski definition) is 2. The van der Waals surface area contributed by atoms with E-state index in [4.69, 9.17) is 4.74 Å². The summed E-state index contributed by atoms with van der Waals surface area (Å²) in [6.07, 6.45) is 2.53. The lowest BCUT2D eigenvalue weighted by molar-refractivity contribution is -0.117. The SMILES string of the molecule is O=C(Nc1ccc(F)cc1)C(Nc1cccc(COCC2CC2)c1)c1ccccc1. The minimum atomic E-state index is -0.598. The van der Waals surface area contributed by atoms with Crippen LogP contribution < -0.4 is 10.6 Å². The molecule has 2 N–H and O–H groups in total. The Labute approximate surface area is 176 Å². The van der Waals surface area contributed by atoms with Crippen LogP contribution in [0.4, 0.5) is 15.8 Å². The molecule has 154 valence electrons. The minimum Gasteiger partial charge on any atom is -0.376 e. The van der Waals surface area contributed by atoms with E-state index in [1.54, 1.807) is 12.1 Å². The molecule has 30 heavy (non-hydrogen) atoms. The van der Waals surface area contributed by atoms with Gasteiger partial charge in [-0.25, -0.2) is 4.39 Å². The normalized spacial score (nSPS) is 14.2. The highest BCUT2D eigenvalue weighted by atomic mass is 19.1. The van der Waals surface area contributed by atoms with Gasteiger partial charge in [-0.15, -0.1) is 0 Å². The van der Waals surface area contributed by atoms with Crippen molar-refractivity contribution in [2.45, 2.75) is 25.5 Å². The number of rotatable bonds is 9. The number of amides is 1. The largest absolute Gasteiger partial charge is 0.376 e. The zero-order chi connectivity index (χ0) is 20.8. The van der Waals surface area contributed by atoms with Crippen LogP contribution in [0, 0.1) is 11.7 Å². The quantitative estimate of drug-likeness (QED) is 0.492. The molecule has 1 unspecified atom stereocenters. The molecule has 0 aromatic heterocycles.